The molecule has 1 N–H and O–H groups in total. The third-order valence-corrected chi connectivity index (χ3v) is 7.07. The topological polar surface area (TPSA) is 57.1 Å². The number of hydrogen-bond acceptors (Lipinski definition) is 5. The highest BCUT2D eigenvalue weighted by atomic mass is 32.2. The first-order chi connectivity index (χ1) is 15.4. The SMILES string of the molecule is CCN1CCC2(CC1)N=C(SCC(=O)Nc1cc(C)cc(C)c1)C(c1ccc(C)cc1)=N2. The maximum absolute atomic E-state index is 12.7. The van der Waals surface area contributed by atoms with E-state index in [0.29, 0.717) is 5.75 Å². The van der Waals surface area contributed by atoms with Crippen LogP contribution in [0.15, 0.2) is 52.4 Å². The van der Waals surface area contributed by atoms with Gasteiger partial charge >= 0.3 is 0 Å². The van der Waals surface area contributed by atoms with Gasteiger partial charge in [-0.25, -0.2) is 4.99 Å². The van der Waals surface area contributed by atoms with E-state index in [4.69, 9.17) is 9.98 Å². The molecule has 0 saturated carbocycles. The number of nitrogens with zero attached hydrogens (tertiary/aromatic N) is 3. The summed E-state index contributed by atoms with van der Waals surface area (Å²) in [5.41, 5.74) is 5.97. The molecule has 1 fully saturated rings. The smallest absolute Gasteiger partial charge is 0.234 e. The second kappa shape index (κ2) is 9.59. The van der Waals surface area contributed by atoms with Crippen molar-refractivity contribution in [2.45, 2.75) is 46.2 Å². The molecule has 2 aliphatic heterocycles. The minimum absolute atomic E-state index is 0.0206. The number of piperidine rings is 1. The number of likely N-dealkylation sites (tertiary alicyclic amines) is 1. The molecule has 5 nitrogen and oxygen atoms in total. The Morgan fingerprint density at radius 1 is 1.00 bits per heavy atom. The summed E-state index contributed by atoms with van der Waals surface area (Å²) in [6.07, 6.45) is 1.85. The van der Waals surface area contributed by atoms with Crippen LogP contribution in [-0.4, -0.2) is 52.6 Å². The van der Waals surface area contributed by atoms with Crippen molar-refractivity contribution in [1.29, 1.82) is 0 Å². The number of nitrogens with one attached hydrogen (secondary N) is 1. The van der Waals surface area contributed by atoms with Gasteiger partial charge in [0, 0.05) is 37.2 Å². The zero-order chi connectivity index (χ0) is 22.7. The first-order valence-electron chi connectivity index (χ1n) is 11.4. The molecule has 0 unspecified atom stereocenters. The van der Waals surface area contributed by atoms with E-state index in [1.165, 1.54) is 17.3 Å². The van der Waals surface area contributed by atoms with E-state index in [1.54, 1.807) is 0 Å². The molecule has 0 bridgehead atoms. The summed E-state index contributed by atoms with van der Waals surface area (Å²) in [5, 5.41) is 3.92. The van der Waals surface area contributed by atoms with Gasteiger partial charge in [-0.05, 0) is 50.6 Å². The highest BCUT2D eigenvalue weighted by molar-refractivity contribution is 8.16. The molecule has 0 radical (unpaired) electrons. The van der Waals surface area contributed by atoms with Crippen LogP contribution >= 0.6 is 11.8 Å². The first kappa shape index (κ1) is 22.7. The van der Waals surface area contributed by atoms with E-state index in [0.717, 1.165) is 65.6 Å². The average molecular weight is 449 g/mol. The Balaban J connectivity index is 1.50. The Hall–Kier alpha value is -2.44. The molecular formula is C26H32N4OS. The lowest BCUT2D eigenvalue weighted by Crippen LogP contribution is -2.41. The van der Waals surface area contributed by atoms with Crippen molar-refractivity contribution in [2.75, 3.05) is 30.7 Å². The summed E-state index contributed by atoms with van der Waals surface area (Å²) >= 11 is 1.49. The van der Waals surface area contributed by atoms with Gasteiger partial charge in [-0.3, -0.25) is 9.79 Å². The minimum atomic E-state index is -0.377. The van der Waals surface area contributed by atoms with E-state index in [9.17, 15) is 4.79 Å². The van der Waals surface area contributed by atoms with Crippen LogP contribution in [0.1, 0.15) is 42.0 Å². The van der Waals surface area contributed by atoms with Crippen LogP contribution in [0.4, 0.5) is 5.69 Å². The summed E-state index contributed by atoms with van der Waals surface area (Å²) in [6, 6.07) is 14.5. The standard InChI is InChI=1S/C26H32N4OS/c1-5-30-12-10-26(11-13-30)28-24(21-8-6-18(2)7-9-21)25(29-26)32-17-23(31)27-22-15-19(3)14-20(4)16-22/h6-9,14-16H,5,10-13,17H2,1-4H3,(H,27,31). The number of benzene rings is 2. The van der Waals surface area contributed by atoms with Gasteiger partial charge in [0.1, 0.15) is 5.04 Å². The van der Waals surface area contributed by atoms with E-state index in [-0.39, 0.29) is 11.6 Å². The number of hydrogen-bond donors (Lipinski definition) is 1. The highest BCUT2D eigenvalue weighted by Crippen LogP contribution is 2.35. The van der Waals surface area contributed by atoms with Gasteiger partial charge < -0.3 is 10.2 Å². The van der Waals surface area contributed by atoms with Crippen LogP contribution < -0.4 is 5.32 Å². The van der Waals surface area contributed by atoms with Crippen molar-refractivity contribution >= 4 is 34.1 Å². The fourth-order valence-corrected chi connectivity index (χ4v) is 5.23. The number of carbonyl (C=O) groups is 1. The van der Waals surface area contributed by atoms with E-state index < -0.39 is 0 Å². The average Bonchev–Trinajstić information content (AvgIpc) is 3.11. The van der Waals surface area contributed by atoms with Crippen molar-refractivity contribution in [3.63, 3.8) is 0 Å². The van der Waals surface area contributed by atoms with Crippen molar-refractivity contribution in [1.82, 2.24) is 4.90 Å². The summed E-state index contributed by atoms with van der Waals surface area (Å²) in [4.78, 5) is 25.4. The highest BCUT2D eigenvalue weighted by Gasteiger charge is 2.39. The van der Waals surface area contributed by atoms with Gasteiger partial charge in [-0.15, -0.1) is 0 Å². The summed E-state index contributed by atoms with van der Waals surface area (Å²) in [6.45, 7) is 11.5. The summed E-state index contributed by atoms with van der Waals surface area (Å²) in [7, 11) is 0. The quantitative estimate of drug-likeness (QED) is 0.701. The van der Waals surface area contributed by atoms with Crippen LogP contribution in [-0.2, 0) is 4.79 Å². The number of thioether (sulfide) groups is 1. The normalized spacial score (nSPS) is 17.9. The molecule has 1 amide bonds. The van der Waals surface area contributed by atoms with Gasteiger partial charge in [0.2, 0.25) is 5.91 Å². The van der Waals surface area contributed by atoms with E-state index in [1.807, 2.05) is 26.0 Å². The molecule has 0 atom stereocenters. The molecule has 2 aliphatic rings. The Morgan fingerprint density at radius 2 is 1.66 bits per heavy atom. The molecule has 1 spiro atoms. The number of rotatable bonds is 5. The molecule has 6 heteroatoms. The van der Waals surface area contributed by atoms with Gasteiger partial charge in [0.15, 0.2) is 5.66 Å². The Morgan fingerprint density at radius 3 is 2.28 bits per heavy atom. The zero-order valence-corrected chi connectivity index (χ0v) is 20.3. The maximum atomic E-state index is 12.7. The maximum Gasteiger partial charge on any atom is 0.234 e. The Bertz CT molecular complexity index is 1030. The largest absolute Gasteiger partial charge is 0.325 e. The molecular weight excluding hydrogens is 416 g/mol. The van der Waals surface area contributed by atoms with Crippen LogP contribution in [0, 0.1) is 20.8 Å². The van der Waals surface area contributed by atoms with E-state index in [2.05, 4.69) is 54.4 Å². The molecule has 2 aromatic rings. The van der Waals surface area contributed by atoms with Crippen molar-refractivity contribution in [3.8, 4) is 0 Å². The van der Waals surface area contributed by atoms with Crippen LogP contribution in [0.25, 0.3) is 0 Å². The van der Waals surface area contributed by atoms with Crippen LogP contribution in [0.3, 0.4) is 0 Å². The fourth-order valence-electron chi connectivity index (χ4n) is 4.35. The number of aryl methyl sites for hydroxylation is 3. The zero-order valence-electron chi connectivity index (χ0n) is 19.4. The number of carbonyl (C=O) groups excluding carboxylic acids is 1. The second-order valence-corrected chi connectivity index (χ2v) is 9.84. The van der Waals surface area contributed by atoms with Crippen LogP contribution in [0.2, 0.25) is 0 Å². The van der Waals surface area contributed by atoms with Crippen molar-refractivity contribution < 1.29 is 4.79 Å². The molecule has 0 aromatic heterocycles. The third-order valence-electron chi connectivity index (χ3n) is 6.11. The lowest BCUT2D eigenvalue weighted by atomic mass is 9.98. The molecule has 168 valence electrons. The summed E-state index contributed by atoms with van der Waals surface area (Å²) < 4.78 is 0. The van der Waals surface area contributed by atoms with Gasteiger partial charge in [-0.2, -0.15) is 0 Å². The van der Waals surface area contributed by atoms with Crippen molar-refractivity contribution in [3.05, 3.63) is 64.7 Å². The molecule has 0 aliphatic carbocycles. The van der Waals surface area contributed by atoms with Crippen LogP contribution in [0.5, 0.6) is 0 Å². The molecule has 2 heterocycles. The predicted molar refractivity (Wildman–Crippen MR) is 136 cm³/mol. The molecule has 2 aromatic carbocycles. The molecule has 4 rings (SSSR count). The minimum Gasteiger partial charge on any atom is -0.325 e. The van der Waals surface area contributed by atoms with Gasteiger partial charge in [-0.1, -0.05) is 54.6 Å². The lowest BCUT2D eigenvalue weighted by molar-refractivity contribution is -0.113. The third kappa shape index (κ3) is 5.30. The van der Waals surface area contributed by atoms with Crippen molar-refractivity contribution in [2.24, 2.45) is 9.98 Å². The Kier molecular flexibility index (Phi) is 6.82. The van der Waals surface area contributed by atoms with Gasteiger partial charge in [0.05, 0.1) is 11.5 Å². The first-order valence-corrected chi connectivity index (χ1v) is 12.3. The predicted octanol–water partition coefficient (Wildman–Crippen LogP) is 5.00. The number of anilines is 1. The molecule has 1 saturated heterocycles. The Labute approximate surface area is 195 Å². The van der Waals surface area contributed by atoms with Gasteiger partial charge in [0.25, 0.3) is 0 Å². The second-order valence-electron chi connectivity index (χ2n) is 8.87. The number of aliphatic imine (C=N–C) groups is 2. The number of amides is 1. The lowest BCUT2D eigenvalue weighted by Gasteiger charge is -2.34. The molecule has 32 heavy (non-hydrogen) atoms. The fraction of sp³-hybridized carbons (Fsp3) is 0.423. The monoisotopic (exact) mass is 448 g/mol. The summed E-state index contributed by atoms with van der Waals surface area (Å²) in [5.74, 6) is 0.293. The van der Waals surface area contributed by atoms with E-state index >= 15 is 0 Å².